The highest BCUT2D eigenvalue weighted by molar-refractivity contribution is 6.33. The van der Waals surface area contributed by atoms with Crippen LogP contribution in [0.4, 0.5) is 0 Å². The molecule has 0 spiro atoms. The standard InChI is InChI=1S/C14H16ClN3O/c1-10-7-12(15)11(8-17-10)13(19)18-5-3-14(2,9-16)4-6-18/h7-8H,3-6H2,1-2H3. The van der Waals surface area contributed by atoms with Gasteiger partial charge >= 0.3 is 0 Å². The van der Waals surface area contributed by atoms with Crippen LogP contribution in [0.25, 0.3) is 0 Å². The number of aromatic nitrogens is 1. The van der Waals surface area contributed by atoms with Crippen molar-refractivity contribution in [2.24, 2.45) is 5.41 Å². The summed E-state index contributed by atoms with van der Waals surface area (Å²) in [7, 11) is 0. The van der Waals surface area contributed by atoms with E-state index in [1.54, 1.807) is 11.0 Å². The van der Waals surface area contributed by atoms with Gasteiger partial charge in [-0.25, -0.2) is 0 Å². The minimum atomic E-state index is -0.313. The molecule has 1 aliphatic rings. The minimum Gasteiger partial charge on any atom is -0.338 e. The molecule has 0 unspecified atom stereocenters. The number of carbonyl (C=O) groups excluding carboxylic acids is 1. The minimum absolute atomic E-state index is 0.0995. The van der Waals surface area contributed by atoms with Gasteiger partial charge in [0.15, 0.2) is 0 Å². The molecule has 1 saturated heterocycles. The predicted octanol–water partition coefficient (Wildman–Crippen LogP) is 2.81. The highest BCUT2D eigenvalue weighted by Crippen LogP contribution is 2.31. The SMILES string of the molecule is Cc1cc(Cl)c(C(=O)N2CCC(C)(C#N)CC2)cn1. The number of nitrogens with zero attached hydrogens (tertiary/aromatic N) is 3. The zero-order valence-electron chi connectivity index (χ0n) is 11.1. The molecule has 0 aromatic carbocycles. The van der Waals surface area contributed by atoms with E-state index >= 15 is 0 Å². The normalized spacial score (nSPS) is 17.9. The number of carbonyl (C=O) groups is 1. The first-order valence-electron chi connectivity index (χ1n) is 6.28. The largest absolute Gasteiger partial charge is 0.338 e. The number of halogens is 1. The first-order valence-corrected chi connectivity index (χ1v) is 6.66. The fourth-order valence-electron chi connectivity index (χ4n) is 2.17. The number of hydrogen-bond acceptors (Lipinski definition) is 3. The molecule has 1 fully saturated rings. The van der Waals surface area contributed by atoms with Gasteiger partial charge in [-0.2, -0.15) is 5.26 Å². The molecule has 100 valence electrons. The van der Waals surface area contributed by atoms with Crippen LogP contribution in [-0.2, 0) is 0 Å². The summed E-state index contributed by atoms with van der Waals surface area (Å²) in [5.74, 6) is -0.0995. The Labute approximate surface area is 118 Å². The fourth-order valence-corrected chi connectivity index (χ4v) is 2.46. The Balaban J connectivity index is 2.12. The summed E-state index contributed by atoms with van der Waals surface area (Å²) in [5.41, 5.74) is 0.914. The third-order valence-electron chi connectivity index (χ3n) is 3.64. The molecule has 0 atom stereocenters. The van der Waals surface area contributed by atoms with E-state index in [4.69, 9.17) is 16.9 Å². The number of likely N-dealkylation sites (tertiary alicyclic amines) is 1. The molecule has 19 heavy (non-hydrogen) atoms. The molecule has 5 heteroatoms. The third kappa shape index (κ3) is 2.87. The van der Waals surface area contributed by atoms with Gasteiger partial charge in [0.05, 0.1) is 22.1 Å². The van der Waals surface area contributed by atoms with Crippen LogP contribution in [0.15, 0.2) is 12.3 Å². The average molecular weight is 278 g/mol. The second-order valence-corrected chi connectivity index (χ2v) is 5.68. The average Bonchev–Trinajstić information content (AvgIpc) is 2.39. The molecule has 2 rings (SSSR count). The summed E-state index contributed by atoms with van der Waals surface area (Å²) in [6, 6.07) is 4.01. The second-order valence-electron chi connectivity index (χ2n) is 5.27. The van der Waals surface area contributed by atoms with Crippen molar-refractivity contribution >= 4 is 17.5 Å². The van der Waals surface area contributed by atoms with E-state index in [-0.39, 0.29) is 11.3 Å². The highest BCUT2D eigenvalue weighted by atomic mass is 35.5. The van der Waals surface area contributed by atoms with Crippen molar-refractivity contribution in [2.45, 2.75) is 26.7 Å². The van der Waals surface area contributed by atoms with Crippen LogP contribution in [0, 0.1) is 23.7 Å². The van der Waals surface area contributed by atoms with Gasteiger partial charge in [-0.1, -0.05) is 11.6 Å². The first-order chi connectivity index (χ1) is 8.95. The summed E-state index contributed by atoms with van der Waals surface area (Å²) >= 11 is 6.09. The van der Waals surface area contributed by atoms with Crippen molar-refractivity contribution < 1.29 is 4.79 Å². The summed E-state index contributed by atoms with van der Waals surface area (Å²) < 4.78 is 0. The lowest BCUT2D eigenvalue weighted by Gasteiger charge is -2.35. The van der Waals surface area contributed by atoms with Crippen molar-refractivity contribution in [1.29, 1.82) is 5.26 Å². The molecule has 1 aromatic heterocycles. The molecular weight excluding hydrogens is 262 g/mol. The number of rotatable bonds is 1. The Hall–Kier alpha value is -1.60. The van der Waals surface area contributed by atoms with E-state index < -0.39 is 0 Å². The zero-order valence-corrected chi connectivity index (χ0v) is 11.9. The fraction of sp³-hybridized carbons (Fsp3) is 0.500. The van der Waals surface area contributed by atoms with Crippen molar-refractivity contribution in [3.8, 4) is 6.07 Å². The van der Waals surface area contributed by atoms with Crippen LogP contribution >= 0.6 is 11.6 Å². The van der Waals surface area contributed by atoms with E-state index in [2.05, 4.69) is 11.1 Å². The van der Waals surface area contributed by atoms with Gasteiger partial charge in [0, 0.05) is 25.0 Å². The van der Waals surface area contributed by atoms with Crippen molar-refractivity contribution in [3.63, 3.8) is 0 Å². The maximum Gasteiger partial charge on any atom is 0.256 e. The van der Waals surface area contributed by atoms with Crippen LogP contribution in [0.3, 0.4) is 0 Å². The Bertz CT molecular complexity index is 542. The highest BCUT2D eigenvalue weighted by Gasteiger charge is 2.32. The van der Waals surface area contributed by atoms with Crippen LogP contribution in [0.5, 0.6) is 0 Å². The van der Waals surface area contributed by atoms with Crippen LogP contribution < -0.4 is 0 Å². The van der Waals surface area contributed by atoms with Crippen LogP contribution in [0.2, 0.25) is 5.02 Å². The molecular formula is C14H16ClN3O. The smallest absolute Gasteiger partial charge is 0.256 e. The molecule has 0 bridgehead atoms. The maximum absolute atomic E-state index is 12.3. The van der Waals surface area contributed by atoms with E-state index in [1.807, 2.05) is 13.8 Å². The zero-order chi connectivity index (χ0) is 14.0. The molecule has 2 heterocycles. The molecule has 1 amide bonds. The van der Waals surface area contributed by atoms with E-state index in [9.17, 15) is 4.79 Å². The lowest BCUT2D eigenvalue weighted by Crippen LogP contribution is -2.41. The lowest BCUT2D eigenvalue weighted by molar-refractivity contribution is 0.0661. The Morgan fingerprint density at radius 3 is 2.68 bits per heavy atom. The number of hydrogen-bond donors (Lipinski definition) is 0. The van der Waals surface area contributed by atoms with Gasteiger partial charge in [0.2, 0.25) is 0 Å². The Morgan fingerprint density at radius 1 is 1.53 bits per heavy atom. The molecule has 1 aliphatic heterocycles. The summed E-state index contributed by atoms with van der Waals surface area (Å²) in [5, 5.41) is 9.52. The number of amides is 1. The second kappa shape index (κ2) is 5.18. The molecule has 0 aliphatic carbocycles. The van der Waals surface area contributed by atoms with E-state index in [0.717, 1.165) is 5.69 Å². The Kier molecular flexibility index (Phi) is 3.77. The van der Waals surface area contributed by atoms with Gasteiger partial charge in [-0.15, -0.1) is 0 Å². The first kappa shape index (κ1) is 13.8. The summed E-state index contributed by atoms with van der Waals surface area (Å²) in [4.78, 5) is 18.2. The quantitative estimate of drug-likeness (QED) is 0.793. The molecule has 0 radical (unpaired) electrons. The van der Waals surface area contributed by atoms with E-state index in [1.165, 1.54) is 6.20 Å². The maximum atomic E-state index is 12.3. The number of nitriles is 1. The van der Waals surface area contributed by atoms with Gasteiger partial charge in [0.25, 0.3) is 5.91 Å². The number of pyridine rings is 1. The Morgan fingerprint density at radius 2 is 2.16 bits per heavy atom. The summed E-state index contributed by atoms with van der Waals surface area (Å²) in [6.07, 6.45) is 2.93. The monoisotopic (exact) mass is 277 g/mol. The van der Waals surface area contributed by atoms with Crippen molar-refractivity contribution in [2.75, 3.05) is 13.1 Å². The molecule has 0 saturated carbocycles. The third-order valence-corrected chi connectivity index (χ3v) is 3.96. The van der Waals surface area contributed by atoms with Crippen LogP contribution in [-0.4, -0.2) is 28.9 Å². The molecule has 1 aromatic rings. The van der Waals surface area contributed by atoms with Crippen molar-refractivity contribution in [1.82, 2.24) is 9.88 Å². The van der Waals surface area contributed by atoms with Gasteiger partial charge in [-0.3, -0.25) is 9.78 Å². The predicted molar refractivity (Wildman–Crippen MR) is 72.8 cm³/mol. The van der Waals surface area contributed by atoms with Crippen molar-refractivity contribution in [3.05, 3.63) is 28.5 Å². The summed E-state index contributed by atoms with van der Waals surface area (Å²) in [6.45, 7) is 4.95. The van der Waals surface area contributed by atoms with Gasteiger partial charge in [0.1, 0.15) is 0 Å². The lowest BCUT2D eigenvalue weighted by atomic mass is 9.82. The molecule has 4 nitrogen and oxygen atoms in total. The number of piperidine rings is 1. The van der Waals surface area contributed by atoms with Crippen LogP contribution in [0.1, 0.15) is 35.8 Å². The van der Waals surface area contributed by atoms with Gasteiger partial charge < -0.3 is 4.90 Å². The van der Waals surface area contributed by atoms with Gasteiger partial charge in [-0.05, 0) is 32.8 Å². The topological polar surface area (TPSA) is 57.0 Å². The molecule has 0 N–H and O–H groups in total. The number of aryl methyl sites for hydroxylation is 1. The van der Waals surface area contributed by atoms with E-state index in [0.29, 0.717) is 36.5 Å².